The first kappa shape index (κ1) is 19.3. The van der Waals surface area contributed by atoms with E-state index in [9.17, 15) is 14.3 Å². The lowest BCUT2D eigenvalue weighted by atomic mass is 9.78. The molecule has 1 amide bonds. The van der Waals surface area contributed by atoms with Crippen LogP contribution < -0.4 is 4.90 Å². The van der Waals surface area contributed by atoms with E-state index in [1.165, 1.54) is 0 Å². The van der Waals surface area contributed by atoms with Gasteiger partial charge in [0.25, 0.3) is 0 Å². The summed E-state index contributed by atoms with van der Waals surface area (Å²) >= 11 is 0. The molecule has 2 saturated heterocycles. The Kier molecular flexibility index (Phi) is 5.33. The highest BCUT2D eigenvalue weighted by Crippen LogP contribution is 2.43. The number of halogens is 1. The van der Waals surface area contributed by atoms with Gasteiger partial charge in [-0.05, 0) is 51.0 Å². The lowest BCUT2D eigenvalue weighted by Crippen LogP contribution is -2.50. The highest BCUT2D eigenvalue weighted by molar-refractivity contribution is 5.86. The molecule has 28 heavy (non-hydrogen) atoms. The molecular formula is C23H29FN2O2. The van der Waals surface area contributed by atoms with Crippen LogP contribution in [0.3, 0.4) is 0 Å². The number of likely N-dealkylation sites (tertiary alicyclic amines) is 1. The minimum Gasteiger partial charge on any atom is -0.393 e. The van der Waals surface area contributed by atoms with Crippen molar-refractivity contribution in [3.63, 3.8) is 0 Å². The average molecular weight is 384 g/mol. The summed E-state index contributed by atoms with van der Waals surface area (Å²) in [6.45, 7) is 2.13. The van der Waals surface area contributed by atoms with Crippen molar-refractivity contribution in [2.24, 2.45) is 5.41 Å². The van der Waals surface area contributed by atoms with E-state index < -0.39 is 5.41 Å². The molecule has 3 fully saturated rings. The van der Waals surface area contributed by atoms with Gasteiger partial charge in [0.1, 0.15) is 0 Å². The predicted octanol–water partition coefficient (Wildman–Crippen LogP) is 3.12. The molecule has 1 N–H and O–H groups in total. The molecule has 1 aromatic rings. The number of piperidine rings is 1. The number of carbonyl (C=O) groups excluding carboxylic acids is 1. The molecule has 2 aliphatic heterocycles. The first-order valence-corrected chi connectivity index (χ1v) is 10.5. The highest BCUT2D eigenvalue weighted by Gasteiger charge is 2.50. The maximum atomic E-state index is 15.0. The fraction of sp³-hybridized carbons (Fsp3) is 0.609. The quantitative estimate of drug-likeness (QED) is 0.815. The van der Waals surface area contributed by atoms with Crippen molar-refractivity contribution in [1.82, 2.24) is 4.90 Å². The van der Waals surface area contributed by atoms with Crippen LogP contribution in [0.2, 0.25) is 0 Å². The van der Waals surface area contributed by atoms with Crippen LogP contribution in [0, 0.1) is 23.6 Å². The third-order valence-corrected chi connectivity index (χ3v) is 6.92. The Morgan fingerprint density at radius 1 is 1.21 bits per heavy atom. The summed E-state index contributed by atoms with van der Waals surface area (Å²) < 4.78 is 15.0. The molecule has 5 heteroatoms. The minimum absolute atomic E-state index is 0.216. The first-order valence-electron chi connectivity index (χ1n) is 10.5. The van der Waals surface area contributed by atoms with Crippen LogP contribution in [0.5, 0.6) is 0 Å². The lowest BCUT2D eigenvalue weighted by molar-refractivity contribution is -0.139. The Morgan fingerprint density at radius 2 is 2.00 bits per heavy atom. The van der Waals surface area contributed by atoms with E-state index >= 15 is 0 Å². The molecule has 1 unspecified atom stereocenters. The Hall–Kier alpha value is -2.06. The van der Waals surface area contributed by atoms with Crippen molar-refractivity contribution >= 4 is 11.6 Å². The maximum absolute atomic E-state index is 15.0. The van der Waals surface area contributed by atoms with Crippen LogP contribution in [-0.2, 0) is 11.2 Å². The van der Waals surface area contributed by atoms with Gasteiger partial charge in [-0.2, -0.15) is 0 Å². The van der Waals surface area contributed by atoms with Crippen LogP contribution in [0.1, 0.15) is 50.5 Å². The SMILES string of the molecule is C#CCc1cccc(N2CCCC3(CCN(C4CCC(O)CC4)C3=O)C2)c1F. The largest absolute Gasteiger partial charge is 0.393 e. The minimum atomic E-state index is -0.400. The number of anilines is 1. The average Bonchev–Trinajstić information content (AvgIpc) is 3.00. The van der Waals surface area contributed by atoms with E-state index in [1.54, 1.807) is 12.1 Å². The number of aliphatic hydroxyl groups is 1. The third-order valence-electron chi connectivity index (χ3n) is 6.92. The number of amides is 1. The van der Waals surface area contributed by atoms with Crippen LogP contribution >= 0.6 is 0 Å². The van der Waals surface area contributed by atoms with Gasteiger partial charge >= 0.3 is 0 Å². The topological polar surface area (TPSA) is 43.8 Å². The van der Waals surface area contributed by atoms with Crippen molar-refractivity contribution in [1.29, 1.82) is 0 Å². The molecule has 0 bridgehead atoms. The summed E-state index contributed by atoms with van der Waals surface area (Å²) in [6.07, 6.45) is 11.4. The number of carbonyl (C=O) groups is 1. The summed E-state index contributed by atoms with van der Waals surface area (Å²) in [5, 5.41) is 9.77. The van der Waals surface area contributed by atoms with E-state index in [4.69, 9.17) is 6.42 Å². The van der Waals surface area contributed by atoms with Gasteiger partial charge in [-0.1, -0.05) is 12.1 Å². The van der Waals surface area contributed by atoms with Gasteiger partial charge in [0.2, 0.25) is 5.91 Å². The predicted molar refractivity (Wildman–Crippen MR) is 107 cm³/mol. The molecule has 1 saturated carbocycles. The van der Waals surface area contributed by atoms with Crippen molar-refractivity contribution in [3.8, 4) is 12.3 Å². The van der Waals surface area contributed by atoms with Crippen molar-refractivity contribution < 1.29 is 14.3 Å². The van der Waals surface area contributed by atoms with Gasteiger partial charge in [0, 0.05) is 37.7 Å². The van der Waals surface area contributed by atoms with Gasteiger partial charge in [0.15, 0.2) is 5.82 Å². The lowest BCUT2D eigenvalue weighted by Gasteiger charge is -2.41. The molecule has 3 aliphatic rings. The summed E-state index contributed by atoms with van der Waals surface area (Å²) in [5.41, 5.74) is 0.710. The normalized spacial score (nSPS) is 30.7. The van der Waals surface area contributed by atoms with Crippen LogP contribution in [0.4, 0.5) is 10.1 Å². The zero-order valence-electron chi connectivity index (χ0n) is 16.4. The zero-order chi connectivity index (χ0) is 19.7. The molecule has 150 valence electrons. The van der Waals surface area contributed by atoms with Crippen LogP contribution in [0.15, 0.2) is 18.2 Å². The number of hydrogen-bond donors (Lipinski definition) is 1. The summed E-state index contributed by atoms with van der Waals surface area (Å²) in [7, 11) is 0. The molecule has 1 aromatic carbocycles. The Bertz CT molecular complexity index is 781. The number of rotatable bonds is 3. The van der Waals surface area contributed by atoms with Crippen LogP contribution in [0.25, 0.3) is 0 Å². The second-order valence-corrected chi connectivity index (χ2v) is 8.65. The monoisotopic (exact) mass is 384 g/mol. The molecule has 4 nitrogen and oxygen atoms in total. The molecule has 4 rings (SSSR count). The fourth-order valence-electron chi connectivity index (χ4n) is 5.34. The van der Waals surface area contributed by atoms with Crippen molar-refractivity contribution in [3.05, 3.63) is 29.6 Å². The summed E-state index contributed by atoms with van der Waals surface area (Å²) in [4.78, 5) is 17.5. The smallest absolute Gasteiger partial charge is 0.230 e. The molecule has 0 radical (unpaired) electrons. The van der Waals surface area contributed by atoms with E-state index in [0.717, 1.165) is 58.0 Å². The Balaban J connectivity index is 1.52. The summed E-state index contributed by atoms with van der Waals surface area (Å²) in [5.74, 6) is 2.50. The van der Waals surface area contributed by atoms with Gasteiger partial charge in [0.05, 0.1) is 17.2 Å². The molecular weight excluding hydrogens is 355 g/mol. The maximum Gasteiger partial charge on any atom is 0.230 e. The van der Waals surface area contributed by atoms with Gasteiger partial charge in [-0.25, -0.2) is 4.39 Å². The molecule has 1 spiro atoms. The molecule has 1 aliphatic carbocycles. The third kappa shape index (κ3) is 3.39. The van der Waals surface area contributed by atoms with E-state index in [1.807, 2.05) is 11.0 Å². The second-order valence-electron chi connectivity index (χ2n) is 8.65. The number of aliphatic hydroxyl groups excluding tert-OH is 1. The van der Waals surface area contributed by atoms with Crippen molar-refractivity contribution in [2.45, 2.75) is 63.5 Å². The molecule has 2 heterocycles. The zero-order valence-corrected chi connectivity index (χ0v) is 16.4. The number of benzene rings is 1. The van der Waals surface area contributed by atoms with E-state index in [2.05, 4.69) is 10.8 Å². The van der Waals surface area contributed by atoms with Crippen molar-refractivity contribution in [2.75, 3.05) is 24.5 Å². The Morgan fingerprint density at radius 3 is 2.75 bits per heavy atom. The van der Waals surface area contributed by atoms with Gasteiger partial charge < -0.3 is 14.9 Å². The van der Waals surface area contributed by atoms with Gasteiger partial charge in [-0.3, -0.25) is 4.79 Å². The van der Waals surface area contributed by atoms with Crippen LogP contribution in [-0.4, -0.2) is 47.7 Å². The fourth-order valence-corrected chi connectivity index (χ4v) is 5.34. The number of nitrogens with zero attached hydrogens (tertiary/aromatic N) is 2. The summed E-state index contributed by atoms with van der Waals surface area (Å²) in [6, 6.07) is 5.64. The standard InChI is InChI=1S/C23H29FN2O2/c1-2-5-17-6-3-7-20(21(17)24)25-14-4-12-23(16-25)13-15-26(22(23)28)18-8-10-19(27)11-9-18/h1,3,6-7,18-19,27H,4-5,8-16H2. The molecule has 1 atom stereocenters. The number of terminal acetylenes is 1. The van der Waals surface area contributed by atoms with E-state index in [0.29, 0.717) is 17.8 Å². The number of hydrogen-bond acceptors (Lipinski definition) is 3. The Labute approximate surface area is 166 Å². The highest BCUT2D eigenvalue weighted by atomic mass is 19.1. The van der Waals surface area contributed by atoms with E-state index in [-0.39, 0.29) is 30.3 Å². The van der Waals surface area contributed by atoms with Gasteiger partial charge in [-0.15, -0.1) is 12.3 Å². The first-order chi connectivity index (χ1) is 13.5. The molecule has 0 aromatic heterocycles. The second kappa shape index (κ2) is 7.75.